The van der Waals surface area contributed by atoms with Gasteiger partial charge in [-0.2, -0.15) is 0 Å². The summed E-state index contributed by atoms with van der Waals surface area (Å²) in [5, 5.41) is 2.60. The predicted molar refractivity (Wildman–Crippen MR) is 78.8 cm³/mol. The van der Waals surface area contributed by atoms with Crippen molar-refractivity contribution < 1.29 is 19.1 Å². The number of ether oxygens (including phenoxy) is 2. The molecule has 1 aliphatic heterocycles. The maximum Gasteiger partial charge on any atom is 0.330 e. The van der Waals surface area contributed by atoms with Crippen LogP contribution in [0.5, 0.6) is 0 Å². The Hall–Kier alpha value is -2.42. The van der Waals surface area contributed by atoms with Gasteiger partial charge < -0.3 is 14.8 Å². The number of nitrogens with zero attached hydrogens (tertiary/aromatic N) is 1. The van der Waals surface area contributed by atoms with Gasteiger partial charge in [-0.3, -0.25) is 23.9 Å². The first-order valence-electron chi connectivity index (χ1n) is 7.17. The third-order valence-corrected chi connectivity index (χ3v) is 3.51. The molecule has 1 amide bonds. The SMILES string of the molecule is CC(=O)NC[C@H]1O[C@@H](n2cc(C)c(=O)[nH]c2=O)C[C@@H]1OC(C)=O. The molecule has 1 aromatic heterocycles. The van der Waals surface area contributed by atoms with Crippen molar-refractivity contribution in [2.45, 2.75) is 45.6 Å². The highest BCUT2D eigenvalue weighted by Crippen LogP contribution is 2.29. The Kier molecular flexibility index (Phi) is 4.99. The van der Waals surface area contributed by atoms with Crippen LogP contribution >= 0.6 is 0 Å². The Bertz CT molecular complexity index is 722. The number of hydrogen-bond donors (Lipinski definition) is 2. The van der Waals surface area contributed by atoms with E-state index in [1.165, 1.54) is 24.6 Å². The highest BCUT2D eigenvalue weighted by molar-refractivity contribution is 5.72. The molecule has 0 saturated carbocycles. The Morgan fingerprint density at radius 3 is 2.74 bits per heavy atom. The summed E-state index contributed by atoms with van der Waals surface area (Å²) in [5.41, 5.74) is -0.703. The van der Waals surface area contributed by atoms with E-state index in [4.69, 9.17) is 9.47 Å². The molecule has 3 atom stereocenters. The number of nitrogens with one attached hydrogen (secondary N) is 2. The third kappa shape index (κ3) is 4.07. The molecule has 0 spiro atoms. The summed E-state index contributed by atoms with van der Waals surface area (Å²) in [6.07, 6.45) is -0.219. The lowest BCUT2D eigenvalue weighted by Crippen LogP contribution is -2.38. The molecule has 0 radical (unpaired) electrons. The van der Waals surface area contributed by atoms with E-state index >= 15 is 0 Å². The lowest BCUT2D eigenvalue weighted by atomic mass is 10.1. The molecule has 1 aromatic rings. The number of amides is 1. The van der Waals surface area contributed by atoms with Crippen molar-refractivity contribution in [1.82, 2.24) is 14.9 Å². The second kappa shape index (κ2) is 6.78. The Morgan fingerprint density at radius 1 is 1.43 bits per heavy atom. The van der Waals surface area contributed by atoms with Crippen molar-refractivity contribution in [2.24, 2.45) is 0 Å². The number of rotatable bonds is 4. The third-order valence-electron chi connectivity index (χ3n) is 3.51. The first kappa shape index (κ1) is 16.9. The zero-order valence-corrected chi connectivity index (χ0v) is 13.1. The molecule has 0 aliphatic carbocycles. The van der Waals surface area contributed by atoms with Gasteiger partial charge in [-0.15, -0.1) is 0 Å². The summed E-state index contributed by atoms with van der Waals surface area (Å²) in [4.78, 5) is 47.8. The van der Waals surface area contributed by atoms with Crippen molar-refractivity contribution in [3.63, 3.8) is 0 Å². The Labute approximate surface area is 131 Å². The fraction of sp³-hybridized carbons (Fsp3) is 0.571. The second-order valence-corrected chi connectivity index (χ2v) is 5.43. The minimum Gasteiger partial charge on any atom is -0.460 e. The average Bonchev–Trinajstić information content (AvgIpc) is 2.82. The van der Waals surface area contributed by atoms with E-state index < -0.39 is 35.7 Å². The summed E-state index contributed by atoms with van der Waals surface area (Å²) >= 11 is 0. The molecule has 0 bridgehead atoms. The topological polar surface area (TPSA) is 119 Å². The molecule has 2 heterocycles. The van der Waals surface area contributed by atoms with Gasteiger partial charge in [0.15, 0.2) is 0 Å². The lowest BCUT2D eigenvalue weighted by Gasteiger charge is -2.18. The summed E-state index contributed by atoms with van der Waals surface area (Å²) < 4.78 is 12.2. The van der Waals surface area contributed by atoms with Gasteiger partial charge >= 0.3 is 11.7 Å². The fourth-order valence-corrected chi connectivity index (χ4v) is 2.44. The van der Waals surface area contributed by atoms with Crippen molar-refractivity contribution in [2.75, 3.05) is 6.54 Å². The molecule has 0 unspecified atom stereocenters. The van der Waals surface area contributed by atoms with Crippen LogP contribution in [0.2, 0.25) is 0 Å². The van der Waals surface area contributed by atoms with Crippen LogP contribution in [0.1, 0.15) is 32.1 Å². The van der Waals surface area contributed by atoms with Gasteiger partial charge in [-0.05, 0) is 6.92 Å². The van der Waals surface area contributed by atoms with Crippen LogP contribution in [0.4, 0.5) is 0 Å². The van der Waals surface area contributed by atoms with Gasteiger partial charge in [0, 0.05) is 38.6 Å². The smallest absolute Gasteiger partial charge is 0.330 e. The molecule has 2 rings (SSSR count). The van der Waals surface area contributed by atoms with Crippen LogP contribution in [0, 0.1) is 6.92 Å². The predicted octanol–water partition coefficient (Wildman–Crippen LogP) is -0.800. The molecule has 1 fully saturated rings. The molecule has 126 valence electrons. The van der Waals surface area contributed by atoms with E-state index in [0.29, 0.717) is 5.56 Å². The van der Waals surface area contributed by atoms with Crippen LogP contribution in [-0.2, 0) is 19.1 Å². The van der Waals surface area contributed by atoms with Crippen molar-refractivity contribution >= 4 is 11.9 Å². The van der Waals surface area contributed by atoms with Crippen molar-refractivity contribution in [1.29, 1.82) is 0 Å². The highest BCUT2D eigenvalue weighted by Gasteiger charge is 2.39. The van der Waals surface area contributed by atoms with E-state index in [0.717, 1.165) is 0 Å². The monoisotopic (exact) mass is 325 g/mol. The standard InChI is InChI=1S/C14H19N3O6/c1-7-6-17(14(21)16-13(7)20)12-4-10(22-9(3)19)11(23-12)5-15-8(2)18/h6,10-12H,4-5H2,1-3H3,(H,15,18)(H,16,20,21)/t10-,11+,12+/m0/s1. The molecule has 23 heavy (non-hydrogen) atoms. The average molecular weight is 325 g/mol. The van der Waals surface area contributed by atoms with E-state index in [1.807, 2.05) is 0 Å². The zero-order valence-electron chi connectivity index (χ0n) is 13.1. The van der Waals surface area contributed by atoms with Crippen molar-refractivity contribution in [3.05, 3.63) is 32.6 Å². The fourth-order valence-electron chi connectivity index (χ4n) is 2.44. The first-order chi connectivity index (χ1) is 10.8. The van der Waals surface area contributed by atoms with E-state index in [2.05, 4.69) is 10.3 Å². The molecule has 1 aliphatic rings. The van der Waals surface area contributed by atoms with E-state index in [1.54, 1.807) is 6.92 Å². The van der Waals surface area contributed by atoms with Crippen LogP contribution in [0.25, 0.3) is 0 Å². The number of hydrogen-bond acceptors (Lipinski definition) is 6. The van der Waals surface area contributed by atoms with Gasteiger partial charge in [-0.25, -0.2) is 4.79 Å². The number of carbonyl (C=O) groups is 2. The van der Waals surface area contributed by atoms with Gasteiger partial charge in [0.2, 0.25) is 5.91 Å². The summed E-state index contributed by atoms with van der Waals surface area (Å²) in [6, 6.07) is 0. The summed E-state index contributed by atoms with van der Waals surface area (Å²) in [7, 11) is 0. The van der Waals surface area contributed by atoms with Crippen LogP contribution < -0.4 is 16.6 Å². The lowest BCUT2D eigenvalue weighted by molar-refractivity contribution is -0.149. The molecular formula is C14H19N3O6. The zero-order chi connectivity index (χ0) is 17.1. The van der Waals surface area contributed by atoms with Gasteiger partial charge in [0.05, 0.1) is 0 Å². The summed E-state index contributed by atoms with van der Waals surface area (Å²) in [6.45, 7) is 4.37. The van der Waals surface area contributed by atoms with Gasteiger partial charge in [0.1, 0.15) is 18.4 Å². The Balaban J connectivity index is 2.23. The Morgan fingerprint density at radius 2 is 2.13 bits per heavy atom. The number of aromatic nitrogens is 2. The van der Waals surface area contributed by atoms with Gasteiger partial charge in [-0.1, -0.05) is 0 Å². The minimum atomic E-state index is -0.693. The van der Waals surface area contributed by atoms with E-state index in [9.17, 15) is 19.2 Å². The number of aromatic amines is 1. The quantitative estimate of drug-likeness (QED) is 0.700. The number of H-pyrrole nitrogens is 1. The van der Waals surface area contributed by atoms with Crippen LogP contribution in [0.15, 0.2) is 15.8 Å². The van der Waals surface area contributed by atoms with Crippen LogP contribution in [0.3, 0.4) is 0 Å². The second-order valence-electron chi connectivity index (χ2n) is 5.43. The summed E-state index contributed by atoms with van der Waals surface area (Å²) in [5.74, 6) is -0.715. The van der Waals surface area contributed by atoms with Crippen LogP contribution in [-0.4, -0.2) is 40.2 Å². The molecule has 1 saturated heterocycles. The van der Waals surface area contributed by atoms with Gasteiger partial charge in [0.25, 0.3) is 5.56 Å². The number of aryl methyl sites for hydroxylation is 1. The molecule has 2 N–H and O–H groups in total. The van der Waals surface area contributed by atoms with Crippen molar-refractivity contribution in [3.8, 4) is 0 Å². The molecule has 0 aromatic carbocycles. The molecular weight excluding hydrogens is 306 g/mol. The number of carbonyl (C=O) groups excluding carboxylic acids is 2. The minimum absolute atomic E-state index is 0.154. The van der Waals surface area contributed by atoms with E-state index in [-0.39, 0.29) is 18.9 Å². The first-order valence-corrected chi connectivity index (χ1v) is 7.17. The highest BCUT2D eigenvalue weighted by atomic mass is 16.6. The molecule has 9 nitrogen and oxygen atoms in total. The largest absolute Gasteiger partial charge is 0.460 e. The maximum atomic E-state index is 11.9. The maximum absolute atomic E-state index is 11.9. The normalized spacial score (nSPS) is 23.5. The molecule has 9 heteroatoms. The number of esters is 1.